The van der Waals surface area contributed by atoms with Gasteiger partial charge in [0.1, 0.15) is 48.6 Å². The highest BCUT2D eigenvalue weighted by Crippen LogP contribution is 2.20. The van der Waals surface area contributed by atoms with Gasteiger partial charge in [-0.05, 0) is 54.7 Å². The van der Waals surface area contributed by atoms with Crippen molar-refractivity contribution in [3.8, 4) is 5.75 Å². The van der Waals surface area contributed by atoms with Gasteiger partial charge in [-0.15, -0.1) is 0 Å². The van der Waals surface area contributed by atoms with Gasteiger partial charge < -0.3 is 73.1 Å². The van der Waals surface area contributed by atoms with E-state index in [1.807, 2.05) is 0 Å². The molecule has 70 heavy (non-hydrogen) atoms. The third kappa shape index (κ3) is 17.6. The number of phenols is 1. The first-order valence-corrected chi connectivity index (χ1v) is 21.8. The highest BCUT2D eigenvalue weighted by molar-refractivity contribution is 5.97. The molecule has 0 aliphatic carbocycles. The van der Waals surface area contributed by atoms with E-state index >= 15 is 0 Å². The number of H-pyrrole nitrogens is 1. The summed E-state index contributed by atoms with van der Waals surface area (Å²) in [5.41, 5.74) is 7.71. The largest absolute Gasteiger partial charge is 0.508 e. The number of amides is 8. The van der Waals surface area contributed by atoms with Crippen LogP contribution in [0.4, 0.5) is 4.79 Å². The first kappa shape index (κ1) is 54.1. The topological polar surface area (TPSA) is 387 Å². The zero-order valence-electron chi connectivity index (χ0n) is 37.8. The number of carboxylic acids is 2. The van der Waals surface area contributed by atoms with Crippen molar-refractivity contribution in [2.45, 2.75) is 88.3 Å². The van der Waals surface area contributed by atoms with E-state index in [2.05, 4.69) is 42.2 Å². The first-order chi connectivity index (χ1) is 33.3. The highest BCUT2D eigenvalue weighted by Gasteiger charge is 2.33. The number of primary amides is 1. The molecule has 1 aromatic heterocycles. The number of aromatic hydroxyl groups is 1. The van der Waals surface area contributed by atoms with E-state index in [1.54, 1.807) is 60.8 Å². The van der Waals surface area contributed by atoms with Crippen molar-refractivity contribution in [2.75, 3.05) is 13.2 Å². The Morgan fingerprint density at radius 1 is 0.614 bits per heavy atom. The number of nitrogens with two attached hydrogens (primary N) is 1. The quantitative estimate of drug-likeness (QED) is 0.0331. The van der Waals surface area contributed by atoms with Crippen LogP contribution in [-0.2, 0) is 67.3 Å². The maximum absolute atomic E-state index is 14.3. The molecule has 14 N–H and O–H groups in total. The van der Waals surface area contributed by atoms with Gasteiger partial charge in [0.05, 0.1) is 13.2 Å². The van der Waals surface area contributed by atoms with Gasteiger partial charge >= 0.3 is 18.0 Å². The third-order valence-corrected chi connectivity index (χ3v) is 10.5. The summed E-state index contributed by atoms with van der Waals surface area (Å²) in [7, 11) is 0. The van der Waals surface area contributed by atoms with Crippen molar-refractivity contribution in [1.29, 1.82) is 0 Å². The lowest BCUT2D eigenvalue weighted by atomic mass is 10.0. The van der Waals surface area contributed by atoms with Gasteiger partial charge in [-0.2, -0.15) is 0 Å². The Kier molecular flexibility index (Phi) is 20.6. The summed E-state index contributed by atoms with van der Waals surface area (Å²) in [5.74, 6) is -9.82. The molecule has 3 aromatic carbocycles. The number of fused-ring (bicyclic) bond motifs is 1. The minimum atomic E-state index is -1.83. The van der Waals surface area contributed by atoms with Crippen LogP contribution in [0.2, 0.25) is 0 Å². The minimum absolute atomic E-state index is 0.0759. The Hall–Kier alpha value is -8.54. The van der Waals surface area contributed by atoms with Gasteiger partial charge in [0, 0.05) is 42.8 Å². The summed E-state index contributed by atoms with van der Waals surface area (Å²) < 4.78 is 5.09. The lowest BCUT2D eigenvalue weighted by Crippen LogP contribution is -2.60. The fourth-order valence-corrected chi connectivity index (χ4v) is 6.75. The number of para-hydroxylation sites is 1. The number of benzene rings is 3. The summed E-state index contributed by atoms with van der Waals surface area (Å²) in [6, 6.07) is 12.0. The molecule has 0 saturated carbocycles. The molecular weight excluding hydrogens is 919 g/mol. The second-order valence-electron chi connectivity index (χ2n) is 15.9. The SMILES string of the molecule is C[C@H](NC(=O)OCc1ccccc1)C(=O)NCC(=O)N[C@@H](CCC(=O)O)C(=O)N[C@@H](CO)C(=O)N[C@@H](Cc1c[nH]c2ccccc12)C(=O)N[C@@H](Cc1ccc(O)cc1)C(=O)N[C@@H](CCC(=O)O)C(N)=O. The molecule has 24 nitrogen and oxygen atoms in total. The summed E-state index contributed by atoms with van der Waals surface area (Å²) in [4.78, 5) is 131. The van der Waals surface area contributed by atoms with Crippen molar-refractivity contribution >= 4 is 70.3 Å². The fraction of sp³-hybridized carbons (Fsp3) is 0.348. The number of ether oxygens (including phenoxy) is 1. The van der Waals surface area contributed by atoms with Crippen molar-refractivity contribution in [3.05, 3.63) is 102 Å². The Labute approximate surface area is 399 Å². The number of carbonyl (C=O) groups is 10. The Morgan fingerprint density at radius 2 is 1.16 bits per heavy atom. The Morgan fingerprint density at radius 3 is 1.77 bits per heavy atom. The fourth-order valence-electron chi connectivity index (χ4n) is 6.75. The van der Waals surface area contributed by atoms with Gasteiger partial charge in [0.15, 0.2) is 0 Å². The summed E-state index contributed by atoms with van der Waals surface area (Å²) in [6.07, 6.45) is -1.95. The number of carboxylic acid groups (broad SMARTS) is 2. The number of aromatic amines is 1. The van der Waals surface area contributed by atoms with Crippen LogP contribution in [0.5, 0.6) is 5.75 Å². The van der Waals surface area contributed by atoms with Crippen LogP contribution in [0, 0.1) is 0 Å². The molecule has 0 fully saturated rings. The average molecular weight is 974 g/mol. The van der Waals surface area contributed by atoms with Crippen LogP contribution in [0.25, 0.3) is 10.9 Å². The van der Waals surface area contributed by atoms with Crippen LogP contribution >= 0.6 is 0 Å². The zero-order valence-corrected chi connectivity index (χ0v) is 37.8. The number of hydrogen-bond donors (Lipinski definition) is 13. The highest BCUT2D eigenvalue weighted by atomic mass is 16.5. The molecule has 0 unspecified atom stereocenters. The summed E-state index contributed by atoms with van der Waals surface area (Å²) in [5, 5.41) is 55.8. The van der Waals surface area contributed by atoms with Crippen LogP contribution < -0.4 is 43.0 Å². The van der Waals surface area contributed by atoms with E-state index in [9.17, 15) is 63.3 Å². The van der Waals surface area contributed by atoms with Crippen molar-refractivity contribution < 1.29 is 73.1 Å². The molecule has 0 radical (unpaired) electrons. The number of hydrogen-bond acceptors (Lipinski definition) is 13. The molecule has 1 heterocycles. The smallest absolute Gasteiger partial charge is 0.408 e. The molecular formula is C46H55N9O15. The second-order valence-corrected chi connectivity index (χ2v) is 15.9. The maximum atomic E-state index is 14.3. The molecule has 374 valence electrons. The summed E-state index contributed by atoms with van der Waals surface area (Å²) >= 11 is 0. The van der Waals surface area contributed by atoms with Gasteiger partial charge in [-0.25, -0.2) is 4.79 Å². The van der Waals surface area contributed by atoms with Crippen LogP contribution in [0.1, 0.15) is 49.3 Å². The molecule has 0 saturated heterocycles. The normalized spacial score (nSPS) is 13.4. The predicted molar refractivity (Wildman–Crippen MR) is 246 cm³/mol. The van der Waals surface area contributed by atoms with E-state index in [1.165, 1.54) is 31.2 Å². The number of alkyl carbamates (subject to hydrolysis) is 1. The third-order valence-electron chi connectivity index (χ3n) is 10.5. The number of aromatic nitrogens is 1. The molecule has 4 aromatic rings. The maximum Gasteiger partial charge on any atom is 0.408 e. The number of nitrogens with one attached hydrogen (secondary N) is 8. The van der Waals surface area contributed by atoms with Gasteiger partial charge in [-0.1, -0.05) is 60.7 Å². The lowest BCUT2D eigenvalue weighted by Gasteiger charge is -2.26. The van der Waals surface area contributed by atoms with Crippen LogP contribution in [-0.4, -0.2) is 134 Å². The van der Waals surface area contributed by atoms with Gasteiger partial charge in [0.25, 0.3) is 0 Å². The van der Waals surface area contributed by atoms with E-state index < -0.39 is 128 Å². The van der Waals surface area contributed by atoms with E-state index in [4.69, 9.17) is 15.6 Å². The standard InChI is InChI=1S/C46H55N9O15/c1-25(50-46(69)70-24-27-7-3-2-4-8-27)41(64)49-22-37(58)51-33(16-18-39(61)62)42(65)55-36(23-56)45(68)54-35(20-28-21-48-31-10-6-5-9-30(28)31)44(67)53-34(19-26-11-13-29(57)14-12-26)43(66)52-32(40(47)63)15-17-38(59)60/h2-14,21,25,32-36,48,56-57H,15-20,22-24H2,1H3,(H2,47,63)(H,49,64)(H,50,69)(H,51,58)(H,52,66)(H,53,67)(H,54,68)(H,55,65)(H,59,60)(H,61,62)/t25-,32-,33-,34-,35-,36-/m0/s1. The van der Waals surface area contributed by atoms with Crippen molar-refractivity contribution in [3.63, 3.8) is 0 Å². The average Bonchev–Trinajstić information content (AvgIpc) is 3.74. The molecule has 6 atom stereocenters. The molecule has 0 aliphatic rings. The van der Waals surface area contributed by atoms with Crippen LogP contribution in [0.15, 0.2) is 85.1 Å². The minimum Gasteiger partial charge on any atom is -0.508 e. The zero-order chi connectivity index (χ0) is 51.3. The van der Waals surface area contributed by atoms with E-state index in [-0.39, 0.29) is 31.6 Å². The van der Waals surface area contributed by atoms with E-state index in [0.29, 0.717) is 27.6 Å². The lowest BCUT2D eigenvalue weighted by molar-refractivity contribution is -0.139. The number of aliphatic hydroxyl groups is 1. The van der Waals surface area contributed by atoms with Gasteiger partial charge in [0.2, 0.25) is 41.4 Å². The number of aliphatic hydroxyl groups excluding tert-OH is 1. The predicted octanol–water partition coefficient (Wildman–Crippen LogP) is -1.28. The molecule has 24 heteroatoms. The molecule has 0 spiro atoms. The molecule has 8 amide bonds. The molecule has 0 bridgehead atoms. The molecule has 4 rings (SSSR count). The second kappa shape index (κ2) is 26.7. The van der Waals surface area contributed by atoms with E-state index in [0.717, 1.165) is 0 Å². The van der Waals surface area contributed by atoms with Crippen molar-refractivity contribution in [1.82, 2.24) is 42.2 Å². The Bertz CT molecular complexity index is 2500. The monoisotopic (exact) mass is 973 g/mol. The Balaban J connectivity index is 1.49. The summed E-state index contributed by atoms with van der Waals surface area (Å²) in [6.45, 7) is -0.583. The van der Waals surface area contributed by atoms with Gasteiger partial charge in [-0.3, -0.25) is 43.2 Å². The number of phenolic OH excluding ortho intramolecular Hbond substituents is 1. The number of aliphatic carboxylic acids is 2. The number of carbonyl (C=O) groups excluding carboxylic acids is 8. The first-order valence-electron chi connectivity index (χ1n) is 21.8. The van der Waals surface area contributed by atoms with Crippen molar-refractivity contribution in [2.24, 2.45) is 5.73 Å². The molecule has 0 aliphatic heterocycles. The number of rotatable bonds is 27. The van der Waals surface area contributed by atoms with Crippen LogP contribution in [0.3, 0.4) is 0 Å².